The molecule has 1 aliphatic heterocycles. The van der Waals surface area contributed by atoms with Gasteiger partial charge in [0.2, 0.25) is 0 Å². The summed E-state index contributed by atoms with van der Waals surface area (Å²) in [4.78, 5) is 22.4. The van der Waals surface area contributed by atoms with E-state index in [2.05, 4.69) is 10.6 Å². The Balaban J connectivity index is 2.29. The molecule has 6 heteroatoms. The average molecular weight is 272 g/mol. The van der Waals surface area contributed by atoms with Crippen LogP contribution in [0.5, 0.6) is 0 Å². The number of ether oxygens (including phenoxy) is 1. The number of urea groups is 1. The molecule has 3 N–H and O–H groups in total. The van der Waals surface area contributed by atoms with E-state index in [-0.39, 0.29) is 24.4 Å². The van der Waals surface area contributed by atoms with Crippen molar-refractivity contribution < 1.29 is 19.4 Å². The summed E-state index contributed by atoms with van der Waals surface area (Å²) in [5.41, 5.74) is 0. The van der Waals surface area contributed by atoms with E-state index in [1.807, 2.05) is 13.8 Å². The van der Waals surface area contributed by atoms with Crippen molar-refractivity contribution in [3.8, 4) is 0 Å². The summed E-state index contributed by atoms with van der Waals surface area (Å²) < 4.78 is 5.34. The molecule has 0 aromatic carbocycles. The highest BCUT2D eigenvalue weighted by Crippen LogP contribution is 2.12. The van der Waals surface area contributed by atoms with Crippen molar-refractivity contribution in [2.75, 3.05) is 19.8 Å². The van der Waals surface area contributed by atoms with Gasteiger partial charge in [-0.1, -0.05) is 13.8 Å². The molecular formula is C13H24N2O4. The van der Waals surface area contributed by atoms with Crippen molar-refractivity contribution >= 4 is 12.0 Å². The van der Waals surface area contributed by atoms with Crippen LogP contribution >= 0.6 is 0 Å². The highest BCUT2D eigenvalue weighted by Gasteiger charge is 2.20. The molecule has 0 bridgehead atoms. The Hall–Kier alpha value is -1.30. The van der Waals surface area contributed by atoms with Crippen LogP contribution in [-0.2, 0) is 9.53 Å². The molecule has 0 spiro atoms. The van der Waals surface area contributed by atoms with Gasteiger partial charge in [0.15, 0.2) is 0 Å². The Bertz CT molecular complexity index is 301. The van der Waals surface area contributed by atoms with E-state index in [0.29, 0.717) is 19.1 Å². The summed E-state index contributed by atoms with van der Waals surface area (Å²) >= 11 is 0. The summed E-state index contributed by atoms with van der Waals surface area (Å²) in [6, 6.07) is -0.648. The van der Waals surface area contributed by atoms with E-state index in [1.165, 1.54) is 0 Å². The Morgan fingerprint density at radius 1 is 1.42 bits per heavy atom. The second-order valence-corrected chi connectivity index (χ2v) is 5.39. The van der Waals surface area contributed by atoms with Gasteiger partial charge in [-0.2, -0.15) is 0 Å². The number of hydrogen-bond donors (Lipinski definition) is 3. The van der Waals surface area contributed by atoms with E-state index in [4.69, 9.17) is 9.84 Å². The first kappa shape index (κ1) is 15.8. The molecule has 1 heterocycles. The van der Waals surface area contributed by atoms with Gasteiger partial charge in [0, 0.05) is 19.2 Å². The van der Waals surface area contributed by atoms with E-state index in [9.17, 15) is 9.59 Å². The normalized spacial score (nSPS) is 20.9. The summed E-state index contributed by atoms with van der Waals surface area (Å²) in [6.45, 7) is 5.84. The van der Waals surface area contributed by atoms with Gasteiger partial charge in [0.1, 0.15) is 0 Å². The predicted octanol–water partition coefficient (Wildman–Crippen LogP) is 1.21. The molecule has 19 heavy (non-hydrogen) atoms. The zero-order chi connectivity index (χ0) is 14.3. The first-order valence-electron chi connectivity index (χ1n) is 6.83. The summed E-state index contributed by atoms with van der Waals surface area (Å²) in [5, 5.41) is 14.3. The van der Waals surface area contributed by atoms with Gasteiger partial charge in [-0.15, -0.1) is 0 Å². The van der Waals surface area contributed by atoms with Crippen molar-refractivity contribution in [3.63, 3.8) is 0 Å². The molecule has 2 amide bonds. The topological polar surface area (TPSA) is 87.7 Å². The predicted molar refractivity (Wildman–Crippen MR) is 71.0 cm³/mol. The summed E-state index contributed by atoms with van der Waals surface area (Å²) in [5.74, 6) is -0.462. The first-order valence-corrected chi connectivity index (χ1v) is 6.83. The number of carbonyl (C=O) groups excluding carboxylic acids is 1. The Morgan fingerprint density at radius 3 is 2.68 bits per heavy atom. The smallest absolute Gasteiger partial charge is 0.315 e. The maximum atomic E-state index is 11.7. The molecule has 1 saturated heterocycles. The summed E-state index contributed by atoms with van der Waals surface area (Å²) in [6.07, 6.45) is 2.03. The molecule has 1 aliphatic rings. The molecule has 0 aliphatic carbocycles. The quantitative estimate of drug-likeness (QED) is 0.678. The average Bonchev–Trinajstić information content (AvgIpc) is 2.36. The number of carboxylic acids is 1. The third kappa shape index (κ3) is 6.42. The molecule has 1 fully saturated rings. The molecule has 2 atom stereocenters. The van der Waals surface area contributed by atoms with Gasteiger partial charge >= 0.3 is 12.0 Å². The number of carbonyl (C=O) groups is 2. The number of amides is 2. The van der Waals surface area contributed by atoms with Crippen molar-refractivity contribution in [1.29, 1.82) is 0 Å². The van der Waals surface area contributed by atoms with E-state index in [0.717, 1.165) is 19.4 Å². The van der Waals surface area contributed by atoms with Crippen molar-refractivity contribution in [1.82, 2.24) is 10.6 Å². The van der Waals surface area contributed by atoms with Crippen molar-refractivity contribution in [3.05, 3.63) is 0 Å². The van der Waals surface area contributed by atoms with Crippen LogP contribution in [0.2, 0.25) is 0 Å². The molecule has 1 rings (SSSR count). The van der Waals surface area contributed by atoms with Crippen LogP contribution in [0.15, 0.2) is 0 Å². The fraction of sp³-hybridized carbons (Fsp3) is 0.846. The zero-order valence-electron chi connectivity index (χ0n) is 11.6. The number of carboxylic acid groups (broad SMARTS) is 1. The van der Waals surface area contributed by atoms with Crippen LogP contribution in [-0.4, -0.2) is 42.9 Å². The van der Waals surface area contributed by atoms with E-state index < -0.39 is 5.97 Å². The Labute approximate surface area is 113 Å². The molecule has 0 saturated carbocycles. The lowest BCUT2D eigenvalue weighted by atomic mass is 10.0. The third-order valence-corrected chi connectivity index (χ3v) is 3.32. The molecule has 0 aromatic rings. The number of nitrogens with one attached hydrogen (secondary N) is 2. The number of aliphatic carboxylic acids is 1. The SMILES string of the molecule is CC(C)C(CC(=O)O)NC(=O)NCC1CCCOC1. The van der Waals surface area contributed by atoms with E-state index in [1.54, 1.807) is 0 Å². The lowest BCUT2D eigenvalue weighted by molar-refractivity contribution is -0.137. The van der Waals surface area contributed by atoms with Crippen LogP contribution < -0.4 is 10.6 Å². The molecule has 0 radical (unpaired) electrons. The molecular weight excluding hydrogens is 248 g/mol. The fourth-order valence-corrected chi connectivity index (χ4v) is 2.07. The molecule has 2 unspecified atom stereocenters. The third-order valence-electron chi connectivity index (χ3n) is 3.32. The minimum Gasteiger partial charge on any atom is -0.481 e. The lowest BCUT2D eigenvalue weighted by Gasteiger charge is -2.24. The largest absolute Gasteiger partial charge is 0.481 e. The van der Waals surface area contributed by atoms with Crippen LogP contribution in [0, 0.1) is 11.8 Å². The van der Waals surface area contributed by atoms with Gasteiger partial charge in [-0.25, -0.2) is 4.79 Å². The van der Waals surface area contributed by atoms with Gasteiger partial charge < -0.3 is 20.5 Å². The highest BCUT2D eigenvalue weighted by molar-refractivity contribution is 5.75. The second-order valence-electron chi connectivity index (χ2n) is 5.39. The Kier molecular flexibility index (Phi) is 6.62. The minimum atomic E-state index is -0.903. The summed E-state index contributed by atoms with van der Waals surface area (Å²) in [7, 11) is 0. The van der Waals surface area contributed by atoms with Crippen LogP contribution in [0.4, 0.5) is 4.79 Å². The van der Waals surface area contributed by atoms with Gasteiger partial charge in [-0.3, -0.25) is 4.79 Å². The maximum absolute atomic E-state index is 11.7. The Morgan fingerprint density at radius 2 is 2.16 bits per heavy atom. The first-order chi connectivity index (χ1) is 8.99. The molecule has 6 nitrogen and oxygen atoms in total. The zero-order valence-corrected chi connectivity index (χ0v) is 11.6. The van der Waals surface area contributed by atoms with E-state index >= 15 is 0 Å². The molecule has 0 aromatic heterocycles. The van der Waals surface area contributed by atoms with Crippen LogP contribution in [0.25, 0.3) is 0 Å². The van der Waals surface area contributed by atoms with Crippen LogP contribution in [0.3, 0.4) is 0 Å². The number of rotatable bonds is 6. The van der Waals surface area contributed by atoms with Gasteiger partial charge in [0.05, 0.1) is 13.0 Å². The molecule has 110 valence electrons. The lowest BCUT2D eigenvalue weighted by Crippen LogP contribution is -2.47. The van der Waals surface area contributed by atoms with Gasteiger partial charge in [-0.05, 0) is 24.7 Å². The van der Waals surface area contributed by atoms with Crippen molar-refractivity contribution in [2.24, 2.45) is 11.8 Å². The monoisotopic (exact) mass is 272 g/mol. The van der Waals surface area contributed by atoms with Gasteiger partial charge in [0.25, 0.3) is 0 Å². The van der Waals surface area contributed by atoms with Crippen LogP contribution in [0.1, 0.15) is 33.1 Å². The second kappa shape index (κ2) is 7.99. The standard InChI is InChI=1S/C13H24N2O4/c1-9(2)11(6-12(16)17)15-13(18)14-7-10-4-3-5-19-8-10/h9-11H,3-8H2,1-2H3,(H,16,17)(H2,14,15,18). The maximum Gasteiger partial charge on any atom is 0.315 e. The fourth-order valence-electron chi connectivity index (χ4n) is 2.07. The minimum absolute atomic E-state index is 0.0579. The highest BCUT2D eigenvalue weighted by atomic mass is 16.5. The van der Waals surface area contributed by atoms with Crippen molar-refractivity contribution in [2.45, 2.75) is 39.2 Å². The number of hydrogen-bond acceptors (Lipinski definition) is 3.